The quantitative estimate of drug-likeness (QED) is 0.690. The number of para-hydroxylation sites is 2. The van der Waals surface area contributed by atoms with E-state index in [1.165, 1.54) is 0 Å². The highest BCUT2D eigenvalue weighted by molar-refractivity contribution is 6.01. The summed E-state index contributed by atoms with van der Waals surface area (Å²) in [7, 11) is 0. The second-order valence-electron chi connectivity index (χ2n) is 7.68. The van der Waals surface area contributed by atoms with Crippen molar-refractivity contribution < 1.29 is 14.3 Å². The minimum absolute atomic E-state index is 0.0188. The van der Waals surface area contributed by atoms with E-state index in [0.29, 0.717) is 22.7 Å². The Bertz CT molecular complexity index is 1070. The number of carbonyl (C=O) groups excluding carboxylic acids is 2. The number of benzene rings is 3. The Balaban J connectivity index is 1.44. The van der Waals surface area contributed by atoms with Crippen LogP contribution in [0.3, 0.4) is 0 Å². The van der Waals surface area contributed by atoms with E-state index >= 15 is 0 Å². The maximum Gasteiger partial charge on any atom is 0.253 e. The first-order valence-electron chi connectivity index (χ1n) is 10.3. The third-order valence-electron chi connectivity index (χ3n) is 5.71. The van der Waals surface area contributed by atoms with Gasteiger partial charge in [0.05, 0.1) is 5.92 Å². The average molecular weight is 398 g/mol. The highest BCUT2D eigenvalue weighted by Crippen LogP contribution is 2.44. The van der Waals surface area contributed by atoms with E-state index in [-0.39, 0.29) is 11.8 Å². The number of carbonyl (C=O) groups is 2. The fourth-order valence-electron chi connectivity index (χ4n) is 4.24. The van der Waals surface area contributed by atoms with Gasteiger partial charge in [0.1, 0.15) is 11.5 Å². The first-order valence-corrected chi connectivity index (χ1v) is 10.3. The van der Waals surface area contributed by atoms with Gasteiger partial charge in [0.2, 0.25) is 5.91 Å². The number of ether oxygens (including phenoxy) is 1. The molecule has 2 aliphatic rings. The molecule has 150 valence electrons. The highest BCUT2D eigenvalue weighted by atomic mass is 16.5. The number of nitrogens with zero attached hydrogens (tertiary/aromatic N) is 1. The van der Waals surface area contributed by atoms with E-state index in [0.717, 1.165) is 37.1 Å². The van der Waals surface area contributed by atoms with Crippen molar-refractivity contribution in [3.05, 3.63) is 89.5 Å². The van der Waals surface area contributed by atoms with Crippen LogP contribution in [0.4, 0.5) is 5.69 Å². The molecule has 0 unspecified atom stereocenters. The number of hydrogen-bond donors (Lipinski definition) is 1. The number of nitrogens with one attached hydrogen (secondary N) is 1. The molecule has 1 fully saturated rings. The second kappa shape index (κ2) is 7.67. The lowest BCUT2D eigenvalue weighted by atomic mass is 9.87. The van der Waals surface area contributed by atoms with Crippen LogP contribution in [0.25, 0.3) is 0 Å². The van der Waals surface area contributed by atoms with Gasteiger partial charge in [-0.25, -0.2) is 0 Å². The molecule has 5 nitrogen and oxygen atoms in total. The van der Waals surface area contributed by atoms with Gasteiger partial charge in [-0.3, -0.25) is 9.59 Å². The van der Waals surface area contributed by atoms with Crippen molar-refractivity contribution in [2.45, 2.75) is 18.8 Å². The molecule has 2 heterocycles. The van der Waals surface area contributed by atoms with Gasteiger partial charge in [0.25, 0.3) is 5.91 Å². The molecule has 0 aromatic heterocycles. The first kappa shape index (κ1) is 18.4. The predicted octanol–water partition coefficient (Wildman–Crippen LogP) is 4.80. The molecule has 1 saturated heterocycles. The molecule has 2 aliphatic heterocycles. The Morgan fingerprint density at radius 1 is 0.833 bits per heavy atom. The number of anilines is 1. The van der Waals surface area contributed by atoms with Crippen LogP contribution in [0.2, 0.25) is 0 Å². The van der Waals surface area contributed by atoms with E-state index in [1.807, 2.05) is 65.6 Å². The maximum absolute atomic E-state index is 13.4. The zero-order valence-corrected chi connectivity index (χ0v) is 16.5. The van der Waals surface area contributed by atoms with Crippen LogP contribution in [-0.2, 0) is 4.79 Å². The first-order chi connectivity index (χ1) is 14.7. The Labute approximate surface area is 175 Å². The van der Waals surface area contributed by atoms with Gasteiger partial charge in [0.15, 0.2) is 0 Å². The van der Waals surface area contributed by atoms with E-state index in [9.17, 15) is 9.59 Å². The molecule has 0 saturated carbocycles. The molecule has 2 amide bonds. The third kappa shape index (κ3) is 3.32. The smallest absolute Gasteiger partial charge is 0.253 e. The summed E-state index contributed by atoms with van der Waals surface area (Å²) in [5.41, 5.74) is 2.88. The zero-order valence-electron chi connectivity index (χ0n) is 16.5. The molecule has 0 atom stereocenters. The van der Waals surface area contributed by atoms with Crippen LogP contribution < -0.4 is 10.1 Å². The number of hydrogen-bond acceptors (Lipinski definition) is 3. The van der Waals surface area contributed by atoms with Gasteiger partial charge in [0, 0.05) is 35.5 Å². The molecular formula is C25H22N2O3. The predicted molar refractivity (Wildman–Crippen MR) is 115 cm³/mol. The Morgan fingerprint density at radius 2 is 1.47 bits per heavy atom. The molecule has 5 rings (SSSR count). The van der Waals surface area contributed by atoms with Crippen LogP contribution in [0.1, 0.15) is 40.2 Å². The molecule has 3 aromatic rings. The van der Waals surface area contributed by atoms with Gasteiger partial charge in [-0.1, -0.05) is 42.5 Å². The fraction of sp³-hybridized carbons (Fsp3) is 0.200. The van der Waals surface area contributed by atoms with Crippen molar-refractivity contribution in [1.82, 2.24) is 4.90 Å². The Kier molecular flexibility index (Phi) is 4.71. The summed E-state index contributed by atoms with van der Waals surface area (Å²) in [4.78, 5) is 27.9. The summed E-state index contributed by atoms with van der Waals surface area (Å²) < 4.78 is 5.99. The molecule has 0 radical (unpaired) electrons. The van der Waals surface area contributed by atoms with Crippen LogP contribution in [0.5, 0.6) is 11.5 Å². The SMILES string of the molecule is O=C(Nc1cccc(C(=O)N2CCCC2)c1)C1c2ccccc2Oc2ccccc21. The zero-order chi connectivity index (χ0) is 20.5. The van der Waals surface area contributed by atoms with Crippen molar-refractivity contribution in [3.63, 3.8) is 0 Å². The van der Waals surface area contributed by atoms with Crippen LogP contribution in [-0.4, -0.2) is 29.8 Å². The van der Waals surface area contributed by atoms with Gasteiger partial charge in [-0.2, -0.15) is 0 Å². The normalized spacial score (nSPS) is 15.1. The van der Waals surface area contributed by atoms with E-state index in [2.05, 4.69) is 5.32 Å². The van der Waals surface area contributed by atoms with Crippen LogP contribution >= 0.6 is 0 Å². The third-order valence-corrected chi connectivity index (χ3v) is 5.71. The lowest BCUT2D eigenvalue weighted by Crippen LogP contribution is -2.28. The van der Waals surface area contributed by atoms with Crippen molar-refractivity contribution in [2.75, 3.05) is 18.4 Å². The molecule has 5 heteroatoms. The minimum Gasteiger partial charge on any atom is -0.457 e. The second-order valence-corrected chi connectivity index (χ2v) is 7.68. The van der Waals surface area contributed by atoms with Crippen molar-refractivity contribution in [3.8, 4) is 11.5 Å². The Hall–Kier alpha value is -3.60. The van der Waals surface area contributed by atoms with Gasteiger partial charge < -0.3 is 15.0 Å². The molecular weight excluding hydrogens is 376 g/mol. The lowest BCUT2D eigenvalue weighted by Gasteiger charge is -2.27. The van der Waals surface area contributed by atoms with Gasteiger partial charge in [-0.15, -0.1) is 0 Å². The van der Waals surface area contributed by atoms with E-state index < -0.39 is 5.92 Å². The molecule has 0 spiro atoms. The molecule has 1 N–H and O–H groups in total. The molecule has 30 heavy (non-hydrogen) atoms. The summed E-state index contributed by atoms with van der Waals surface area (Å²) in [5, 5.41) is 3.01. The number of amides is 2. The summed E-state index contributed by atoms with van der Waals surface area (Å²) in [5.74, 6) is 0.766. The minimum atomic E-state index is -0.482. The fourth-order valence-corrected chi connectivity index (χ4v) is 4.24. The molecule has 0 bridgehead atoms. The average Bonchev–Trinajstić information content (AvgIpc) is 3.32. The number of likely N-dealkylation sites (tertiary alicyclic amines) is 1. The van der Waals surface area contributed by atoms with Crippen molar-refractivity contribution in [2.24, 2.45) is 0 Å². The lowest BCUT2D eigenvalue weighted by molar-refractivity contribution is -0.116. The number of fused-ring (bicyclic) bond motifs is 2. The summed E-state index contributed by atoms with van der Waals surface area (Å²) in [6, 6.07) is 22.4. The summed E-state index contributed by atoms with van der Waals surface area (Å²) in [6.07, 6.45) is 2.09. The van der Waals surface area contributed by atoms with Crippen molar-refractivity contribution in [1.29, 1.82) is 0 Å². The largest absolute Gasteiger partial charge is 0.457 e. The van der Waals surface area contributed by atoms with E-state index in [4.69, 9.17) is 4.74 Å². The Morgan fingerprint density at radius 3 is 2.13 bits per heavy atom. The highest BCUT2D eigenvalue weighted by Gasteiger charge is 2.32. The monoisotopic (exact) mass is 398 g/mol. The molecule has 3 aromatic carbocycles. The van der Waals surface area contributed by atoms with E-state index in [1.54, 1.807) is 12.1 Å². The van der Waals surface area contributed by atoms with Gasteiger partial charge >= 0.3 is 0 Å². The standard InChI is InChI=1S/C25H22N2O3/c28-24(26-18-9-7-8-17(16-18)25(29)27-14-5-6-15-27)23-19-10-1-3-12-21(19)30-22-13-4-2-11-20(22)23/h1-4,7-13,16,23H,5-6,14-15H2,(H,26,28). The van der Waals surface area contributed by atoms with Crippen molar-refractivity contribution >= 4 is 17.5 Å². The molecule has 0 aliphatic carbocycles. The topological polar surface area (TPSA) is 58.6 Å². The maximum atomic E-state index is 13.4. The van der Waals surface area contributed by atoms with Gasteiger partial charge in [-0.05, 0) is 43.2 Å². The summed E-state index contributed by atoms with van der Waals surface area (Å²) >= 11 is 0. The van der Waals surface area contributed by atoms with Crippen LogP contribution in [0, 0.1) is 0 Å². The summed E-state index contributed by atoms with van der Waals surface area (Å²) in [6.45, 7) is 1.59. The number of rotatable bonds is 3. The van der Waals surface area contributed by atoms with Crippen LogP contribution in [0.15, 0.2) is 72.8 Å².